The van der Waals surface area contributed by atoms with E-state index in [9.17, 15) is 0 Å². The van der Waals surface area contributed by atoms with Crippen LogP contribution in [0.25, 0.3) is 10.9 Å². The normalized spacial score (nSPS) is 12.2. The Balaban J connectivity index is 2.42. The second-order valence-electron chi connectivity index (χ2n) is 3.58. The van der Waals surface area contributed by atoms with Gasteiger partial charge in [-0.3, -0.25) is 10.3 Å². The van der Waals surface area contributed by atoms with E-state index in [4.69, 9.17) is 5.26 Å². The molecular weight excluding hydrogens is 198 g/mol. The molecule has 0 aliphatic rings. The Morgan fingerprint density at radius 3 is 3.06 bits per heavy atom. The number of hydrogen-bond donors (Lipinski definition) is 1. The molecule has 3 heteroatoms. The number of benzene rings is 1. The molecule has 2 aromatic rings. The molecule has 0 saturated heterocycles. The molecule has 1 heterocycles. The lowest BCUT2D eigenvalue weighted by molar-refractivity contribution is 0.659. The highest BCUT2D eigenvalue weighted by atomic mass is 14.9. The van der Waals surface area contributed by atoms with Gasteiger partial charge in [-0.2, -0.15) is 5.26 Å². The monoisotopic (exact) mass is 211 g/mol. The molecule has 1 atom stereocenters. The van der Waals surface area contributed by atoms with E-state index in [1.807, 2.05) is 37.3 Å². The Hall–Kier alpha value is -1.92. The summed E-state index contributed by atoms with van der Waals surface area (Å²) in [5, 5.41) is 13.3. The number of nitriles is 1. The molecule has 2 rings (SSSR count). The fourth-order valence-electron chi connectivity index (χ4n) is 1.72. The highest BCUT2D eigenvalue weighted by molar-refractivity contribution is 5.79. The van der Waals surface area contributed by atoms with Crippen LogP contribution in [0.15, 0.2) is 36.5 Å². The number of nitrogens with one attached hydrogen (secondary N) is 1. The highest BCUT2D eigenvalue weighted by Gasteiger charge is 2.08. The Bertz CT molecular complexity index is 528. The molecular formula is C13H13N3. The van der Waals surface area contributed by atoms with Crippen molar-refractivity contribution in [2.75, 3.05) is 6.54 Å². The SMILES string of the molecule is CCNC(C#N)c1ccc2ncccc2c1. The van der Waals surface area contributed by atoms with Crippen LogP contribution in [0.5, 0.6) is 0 Å². The minimum absolute atomic E-state index is 0.241. The van der Waals surface area contributed by atoms with Crippen molar-refractivity contribution in [3.05, 3.63) is 42.1 Å². The topological polar surface area (TPSA) is 48.7 Å². The van der Waals surface area contributed by atoms with Gasteiger partial charge in [0.2, 0.25) is 0 Å². The molecule has 3 nitrogen and oxygen atoms in total. The maximum Gasteiger partial charge on any atom is 0.121 e. The molecule has 1 aromatic carbocycles. The van der Waals surface area contributed by atoms with Crippen LogP contribution in [-0.2, 0) is 0 Å². The van der Waals surface area contributed by atoms with Crippen LogP contribution in [-0.4, -0.2) is 11.5 Å². The van der Waals surface area contributed by atoms with Gasteiger partial charge in [-0.25, -0.2) is 0 Å². The number of fused-ring (bicyclic) bond motifs is 1. The van der Waals surface area contributed by atoms with E-state index in [1.54, 1.807) is 6.20 Å². The zero-order valence-electron chi connectivity index (χ0n) is 9.14. The maximum atomic E-state index is 9.05. The van der Waals surface area contributed by atoms with Crippen molar-refractivity contribution < 1.29 is 0 Å². The molecule has 0 amide bonds. The lowest BCUT2D eigenvalue weighted by Gasteiger charge is -2.10. The number of pyridine rings is 1. The van der Waals surface area contributed by atoms with Crippen molar-refractivity contribution in [1.29, 1.82) is 5.26 Å². The van der Waals surface area contributed by atoms with Crippen molar-refractivity contribution in [3.8, 4) is 6.07 Å². The number of aromatic nitrogens is 1. The van der Waals surface area contributed by atoms with Gasteiger partial charge >= 0.3 is 0 Å². The van der Waals surface area contributed by atoms with Gasteiger partial charge in [0, 0.05) is 11.6 Å². The van der Waals surface area contributed by atoms with Crippen molar-refractivity contribution in [3.63, 3.8) is 0 Å². The predicted octanol–water partition coefficient (Wildman–Crippen LogP) is 2.41. The maximum absolute atomic E-state index is 9.05. The third kappa shape index (κ3) is 2.02. The third-order valence-corrected chi connectivity index (χ3v) is 2.50. The molecule has 1 aromatic heterocycles. The first kappa shape index (κ1) is 10.6. The summed E-state index contributed by atoms with van der Waals surface area (Å²) >= 11 is 0. The molecule has 1 N–H and O–H groups in total. The average Bonchev–Trinajstić information content (AvgIpc) is 2.35. The summed E-state index contributed by atoms with van der Waals surface area (Å²) in [6.07, 6.45) is 1.77. The Labute approximate surface area is 94.7 Å². The van der Waals surface area contributed by atoms with Gasteiger partial charge in [0.15, 0.2) is 0 Å². The van der Waals surface area contributed by atoms with Crippen molar-refractivity contribution >= 4 is 10.9 Å². The molecule has 0 radical (unpaired) electrons. The van der Waals surface area contributed by atoms with Crippen molar-refractivity contribution in [2.45, 2.75) is 13.0 Å². The third-order valence-electron chi connectivity index (χ3n) is 2.50. The van der Waals surface area contributed by atoms with E-state index < -0.39 is 0 Å². The average molecular weight is 211 g/mol. The van der Waals surface area contributed by atoms with Crippen LogP contribution >= 0.6 is 0 Å². The van der Waals surface area contributed by atoms with Gasteiger partial charge in [-0.05, 0) is 30.3 Å². The zero-order chi connectivity index (χ0) is 11.4. The lowest BCUT2D eigenvalue weighted by atomic mass is 10.1. The quantitative estimate of drug-likeness (QED) is 0.848. The zero-order valence-corrected chi connectivity index (χ0v) is 9.14. The standard InChI is InChI=1S/C13H13N3/c1-2-15-13(9-14)11-5-6-12-10(8-11)4-3-7-16-12/h3-8,13,15H,2H2,1H3. The molecule has 0 spiro atoms. The van der Waals surface area contributed by atoms with Gasteiger partial charge in [0.05, 0.1) is 11.6 Å². The van der Waals surface area contributed by atoms with E-state index in [-0.39, 0.29) is 6.04 Å². The number of hydrogen-bond acceptors (Lipinski definition) is 3. The smallest absolute Gasteiger partial charge is 0.121 e. The van der Waals surface area contributed by atoms with E-state index in [0.717, 1.165) is 23.0 Å². The molecule has 0 bridgehead atoms. The first-order chi connectivity index (χ1) is 7.85. The minimum atomic E-state index is -0.241. The second-order valence-corrected chi connectivity index (χ2v) is 3.58. The van der Waals surface area contributed by atoms with Gasteiger partial charge in [0.25, 0.3) is 0 Å². The van der Waals surface area contributed by atoms with Gasteiger partial charge < -0.3 is 0 Å². The molecule has 0 aliphatic heterocycles. The van der Waals surface area contributed by atoms with Crippen molar-refractivity contribution in [1.82, 2.24) is 10.3 Å². The van der Waals surface area contributed by atoms with Gasteiger partial charge in [-0.15, -0.1) is 0 Å². The van der Waals surface area contributed by atoms with E-state index in [2.05, 4.69) is 16.4 Å². The fraction of sp³-hybridized carbons (Fsp3) is 0.231. The molecule has 0 aliphatic carbocycles. The molecule has 16 heavy (non-hydrogen) atoms. The summed E-state index contributed by atoms with van der Waals surface area (Å²) in [4.78, 5) is 4.25. The summed E-state index contributed by atoms with van der Waals surface area (Å²) in [5.41, 5.74) is 1.95. The lowest BCUT2D eigenvalue weighted by Crippen LogP contribution is -2.19. The minimum Gasteiger partial charge on any atom is -0.298 e. The summed E-state index contributed by atoms with van der Waals surface area (Å²) in [6, 6.07) is 11.8. The molecule has 0 saturated carbocycles. The fourth-order valence-corrected chi connectivity index (χ4v) is 1.72. The van der Waals surface area contributed by atoms with Crippen molar-refractivity contribution in [2.24, 2.45) is 0 Å². The van der Waals surface area contributed by atoms with Gasteiger partial charge in [0.1, 0.15) is 6.04 Å². The number of rotatable bonds is 3. The summed E-state index contributed by atoms with van der Waals surface area (Å²) in [5.74, 6) is 0. The van der Waals surface area contributed by atoms with Crippen LogP contribution in [0, 0.1) is 11.3 Å². The first-order valence-electron chi connectivity index (χ1n) is 5.33. The number of nitrogens with zero attached hydrogens (tertiary/aromatic N) is 2. The summed E-state index contributed by atoms with van der Waals surface area (Å²) < 4.78 is 0. The first-order valence-corrected chi connectivity index (χ1v) is 5.33. The van der Waals surface area contributed by atoms with Crippen LogP contribution in [0.4, 0.5) is 0 Å². The Kier molecular flexibility index (Phi) is 3.13. The Morgan fingerprint density at radius 1 is 1.44 bits per heavy atom. The Morgan fingerprint density at radius 2 is 2.31 bits per heavy atom. The van der Waals surface area contributed by atoms with Crippen LogP contribution < -0.4 is 5.32 Å². The van der Waals surface area contributed by atoms with E-state index >= 15 is 0 Å². The van der Waals surface area contributed by atoms with E-state index in [0.29, 0.717) is 0 Å². The largest absolute Gasteiger partial charge is 0.298 e. The summed E-state index contributed by atoms with van der Waals surface area (Å²) in [7, 11) is 0. The van der Waals surface area contributed by atoms with Crippen LogP contribution in [0.3, 0.4) is 0 Å². The predicted molar refractivity (Wildman–Crippen MR) is 63.8 cm³/mol. The van der Waals surface area contributed by atoms with E-state index in [1.165, 1.54) is 0 Å². The van der Waals surface area contributed by atoms with Gasteiger partial charge in [-0.1, -0.05) is 19.1 Å². The van der Waals surface area contributed by atoms with Crippen LogP contribution in [0.1, 0.15) is 18.5 Å². The molecule has 1 unspecified atom stereocenters. The molecule has 80 valence electrons. The highest BCUT2D eigenvalue weighted by Crippen LogP contribution is 2.18. The van der Waals surface area contributed by atoms with Crippen LogP contribution in [0.2, 0.25) is 0 Å². The summed E-state index contributed by atoms with van der Waals surface area (Å²) in [6.45, 7) is 2.77. The second kappa shape index (κ2) is 4.73. The molecule has 0 fully saturated rings.